The highest BCUT2D eigenvalue weighted by Crippen LogP contribution is 2.39. The maximum absolute atomic E-state index is 5.01. The summed E-state index contributed by atoms with van der Waals surface area (Å²) in [5, 5.41) is 0. The lowest BCUT2D eigenvalue weighted by molar-refractivity contribution is 0.557. The first-order valence-electron chi connectivity index (χ1n) is 3.11. The fourth-order valence-corrected chi connectivity index (χ4v) is 0.932. The number of hydrogen-bond donors (Lipinski definition) is 0. The van der Waals surface area contributed by atoms with Crippen molar-refractivity contribution in [3.63, 3.8) is 0 Å². The standard InChI is InChI=1S/C6H4Br2O.CBr4/c7-6(8)4-5-2-1-3-9-5;2-1(3,4)5/h1-4H;. The molecule has 0 aliphatic heterocycles. The van der Waals surface area contributed by atoms with Crippen LogP contribution in [0, 0.1) is 0 Å². The molecule has 0 spiro atoms. The Morgan fingerprint density at radius 2 is 1.71 bits per heavy atom. The maximum Gasteiger partial charge on any atom is 0.189 e. The second-order valence-electron chi connectivity index (χ2n) is 1.88. The summed E-state index contributed by atoms with van der Waals surface area (Å²) in [4.78, 5) is 0. The zero-order valence-corrected chi connectivity index (χ0v) is 16.0. The van der Waals surface area contributed by atoms with Gasteiger partial charge in [0, 0.05) is 6.08 Å². The Labute approximate surface area is 133 Å². The SMILES string of the molecule is BrC(Br)(Br)Br.BrC(Br)=Cc1ccco1. The van der Waals surface area contributed by atoms with Gasteiger partial charge in [0.1, 0.15) is 5.76 Å². The van der Waals surface area contributed by atoms with Crippen LogP contribution in [0.1, 0.15) is 5.76 Å². The molecule has 0 saturated heterocycles. The van der Waals surface area contributed by atoms with E-state index >= 15 is 0 Å². The first kappa shape index (κ1) is 15.9. The van der Waals surface area contributed by atoms with Crippen LogP contribution in [0.3, 0.4) is 0 Å². The summed E-state index contributed by atoms with van der Waals surface area (Å²) in [6.45, 7) is 0. The molecule has 0 aliphatic rings. The molecule has 0 atom stereocenters. The molecule has 0 N–H and O–H groups in total. The summed E-state index contributed by atoms with van der Waals surface area (Å²) in [7, 11) is 0. The van der Waals surface area contributed by atoms with E-state index in [9.17, 15) is 0 Å². The predicted octanol–water partition coefficient (Wildman–Crippen LogP) is 6.55. The first-order valence-corrected chi connectivity index (χ1v) is 7.86. The van der Waals surface area contributed by atoms with Gasteiger partial charge in [-0.2, -0.15) is 0 Å². The highest BCUT2D eigenvalue weighted by molar-refractivity contribution is 9.52. The summed E-state index contributed by atoms with van der Waals surface area (Å²) in [5.41, 5.74) is 0. The highest BCUT2D eigenvalue weighted by atomic mass is 80.0. The third-order valence-electron chi connectivity index (χ3n) is 0.795. The number of hydrogen-bond acceptors (Lipinski definition) is 1. The van der Waals surface area contributed by atoms with Gasteiger partial charge in [-0.05, 0) is 108 Å². The second kappa shape index (κ2) is 8.06. The fourth-order valence-electron chi connectivity index (χ4n) is 0.481. The van der Waals surface area contributed by atoms with Crippen LogP contribution in [0.15, 0.2) is 26.2 Å². The molecule has 0 unspecified atom stereocenters. The molecule has 0 saturated carbocycles. The first-order chi connectivity index (χ1) is 6.29. The lowest BCUT2D eigenvalue weighted by atomic mass is 10.5. The molecule has 0 aromatic carbocycles. The summed E-state index contributed by atoms with van der Waals surface area (Å²) < 4.78 is 5.64. The van der Waals surface area contributed by atoms with Crippen molar-refractivity contribution in [3.05, 3.63) is 27.5 Å². The van der Waals surface area contributed by atoms with Crippen molar-refractivity contribution in [1.29, 1.82) is 0 Å². The largest absolute Gasteiger partial charge is 0.465 e. The zero-order chi connectivity index (χ0) is 11.2. The molecule has 0 bridgehead atoms. The number of rotatable bonds is 1. The van der Waals surface area contributed by atoms with Crippen LogP contribution in [0.2, 0.25) is 0 Å². The Hall–Kier alpha value is 1.90. The van der Waals surface area contributed by atoms with Crippen molar-refractivity contribution in [2.24, 2.45) is 0 Å². The van der Waals surface area contributed by atoms with Crippen molar-refractivity contribution in [1.82, 2.24) is 0 Å². The van der Waals surface area contributed by atoms with E-state index in [0.717, 1.165) is 9.15 Å². The Kier molecular flexibility index (Phi) is 9.15. The van der Waals surface area contributed by atoms with Crippen LogP contribution < -0.4 is 0 Å². The van der Waals surface area contributed by atoms with Crippen molar-refractivity contribution >= 4 is 102 Å². The molecule has 7 heteroatoms. The Morgan fingerprint density at radius 3 is 2.00 bits per heavy atom. The smallest absolute Gasteiger partial charge is 0.189 e. The number of halogens is 6. The Bertz CT molecular complexity index is 263. The molecule has 0 fully saturated rings. The van der Waals surface area contributed by atoms with Gasteiger partial charge in [-0.15, -0.1) is 0 Å². The van der Waals surface area contributed by atoms with Gasteiger partial charge in [0.05, 0.1) is 9.65 Å². The number of furan rings is 1. The van der Waals surface area contributed by atoms with Crippen LogP contribution in [-0.4, -0.2) is 1.05 Å². The average Bonchev–Trinajstić information content (AvgIpc) is 2.33. The van der Waals surface area contributed by atoms with Gasteiger partial charge < -0.3 is 4.42 Å². The van der Waals surface area contributed by atoms with Crippen molar-refractivity contribution < 1.29 is 4.42 Å². The summed E-state index contributed by atoms with van der Waals surface area (Å²) in [6.07, 6.45) is 3.47. The fraction of sp³-hybridized carbons (Fsp3) is 0.143. The molecule has 80 valence electrons. The van der Waals surface area contributed by atoms with Crippen molar-refractivity contribution in [2.45, 2.75) is 1.05 Å². The minimum absolute atomic E-state index is 0.250. The predicted molar refractivity (Wildman–Crippen MR) is 83.0 cm³/mol. The summed E-state index contributed by atoms with van der Waals surface area (Å²) in [5.74, 6) is 0.832. The molecule has 1 aromatic rings. The summed E-state index contributed by atoms with van der Waals surface area (Å²) in [6, 6.07) is 3.72. The third kappa shape index (κ3) is 13.9. The second-order valence-corrected chi connectivity index (χ2v) is 15.8. The normalized spacial score (nSPS) is 10.1. The maximum atomic E-state index is 5.01. The van der Waals surface area contributed by atoms with E-state index in [-0.39, 0.29) is 1.05 Å². The van der Waals surface area contributed by atoms with Crippen LogP contribution in [0.25, 0.3) is 6.08 Å². The van der Waals surface area contributed by atoms with Gasteiger partial charge in [-0.1, -0.05) is 0 Å². The van der Waals surface area contributed by atoms with E-state index < -0.39 is 0 Å². The molecule has 1 heterocycles. The minimum atomic E-state index is -0.250. The monoisotopic (exact) mass is 578 g/mol. The quantitative estimate of drug-likeness (QED) is 0.342. The van der Waals surface area contributed by atoms with Gasteiger partial charge in [-0.3, -0.25) is 0 Å². The number of alkyl halides is 4. The van der Waals surface area contributed by atoms with E-state index in [1.54, 1.807) is 6.26 Å². The molecule has 1 rings (SSSR count). The highest BCUT2D eigenvalue weighted by Gasteiger charge is 2.08. The molecule has 1 aromatic heterocycles. The van der Waals surface area contributed by atoms with E-state index in [1.807, 2.05) is 18.2 Å². The van der Waals surface area contributed by atoms with Gasteiger partial charge in [0.15, 0.2) is 1.05 Å². The molecule has 0 amide bonds. The Balaban J connectivity index is 0.000000292. The van der Waals surface area contributed by atoms with Crippen LogP contribution >= 0.6 is 95.6 Å². The van der Waals surface area contributed by atoms with Crippen LogP contribution in [0.4, 0.5) is 0 Å². The molecular weight excluding hydrogens is 579 g/mol. The lowest BCUT2D eigenvalue weighted by Gasteiger charge is -1.93. The minimum Gasteiger partial charge on any atom is -0.465 e. The molecule has 14 heavy (non-hydrogen) atoms. The molecule has 0 aliphatic carbocycles. The zero-order valence-electron chi connectivity index (χ0n) is 6.49. The summed E-state index contributed by atoms with van der Waals surface area (Å²) >= 11 is 18.9. The van der Waals surface area contributed by atoms with Gasteiger partial charge in [0.2, 0.25) is 0 Å². The van der Waals surface area contributed by atoms with Gasteiger partial charge >= 0.3 is 0 Å². The van der Waals surface area contributed by atoms with E-state index in [0.29, 0.717) is 0 Å². The van der Waals surface area contributed by atoms with E-state index in [1.165, 1.54) is 0 Å². The van der Waals surface area contributed by atoms with Gasteiger partial charge in [-0.25, -0.2) is 0 Å². The molecular formula is C7H4Br6O. The average molecular weight is 584 g/mol. The lowest BCUT2D eigenvalue weighted by Crippen LogP contribution is -1.75. The molecule has 1 nitrogen and oxygen atoms in total. The molecule has 0 radical (unpaired) electrons. The topological polar surface area (TPSA) is 13.1 Å². The van der Waals surface area contributed by atoms with Gasteiger partial charge in [0.25, 0.3) is 0 Å². The van der Waals surface area contributed by atoms with Crippen LogP contribution in [-0.2, 0) is 0 Å². The van der Waals surface area contributed by atoms with Crippen LogP contribution in [0.5, 0.6) is 0 Å². The Morgan fingerprint density at radius 1 is 1.21 bits per heavy atom. The van der Waals surface area contributed by atoms with E-state index in [2.05, 4.69) is 95.6 Å². The van der Waals surface area contributed by atoms with Crippen molar-refractivity contribution in [3.8, 4) is 0 Å². The van der Waals surface area contributed by atoms with Crippen molar-refractivity contribution in [2.75, 3.05) is 0 Å². The van der Waals surface area contributed by atoms with E-state index in [4.69, 9.17) is 4.42 Å². The third-order valence-corrected chi connectivity index (χ3v) is 1.25.